The lowest BCUT2D eigenvalue weighted by Crippen LogP contribution is -2.34. The van der Waals surface area contributed by atoms with Crippen LogP contribution in [0, 0.1) is 5.92 Å². The standard InChI is InChI=1S/C22H30N4O/c23-10-11-25-22(27)19-6-7-20(21(24)15-19)16-26-12-8-18(9-13-26)14-17-4-2-1-3-5-17/h1-7,15,18H,8-14,16,23-24H2,(H,25,27). The molecule has 2 aromatic rings. The van der Waals surface area contributed by atoms with Crippen molar-refractivity contribution >= 4 is 11.6 Å². The van der Waals surface area contributed by atoms with Gasteiger partial charge < -0.3 is 16.8 Å². The van der Waals surface area contributed by atoms with E-state index in [0.717, 1.165) is 31.1 Å². The van der Waals surface area contributed by atoms with Crippen molar-refractivity contribution < 1.29 is 4.79 Å². The zero-order chi connectivity index (χ0) is 19.1. The molecule has 0 radical (unpaired) electrons. The minimum atomic E-state index is -0.125. The summed E-state index contributed by atoms with van der Waals surface area (Å²) in [5, 5.41) is 2.77. The maximum Gasteiger partial charge on any atom is 0.251 e. The van der Waals surface area contributed by atoms with Crippen LogP contribution >= 0.6 is 0 Å². The number of nitrogen functional groups attached to an aromatic ring is 1. The van der Waals surface area contributed by atoms with Crippen molar-refractivity contribution in [2.75, 3.05) is 31.9 Å². The molecule has 0 atom stereocenters. The molecule has 1 aliphatic rings. The van der Waals surface area contributed by atoms with Gasteiger partial charge in [-0.3, -0.25) is 9.69 Å². The molecule has 5 N–H and O–H groups in total. The molecule has 144 valence electrons. The first-order valence-electron chi connectivity index (χ1n) is 9.78. The molecule has 0 bridgehead atoms. The molecule has 1 fully saturated rings. The molecule has 2 aromatic carbocycles. The van der Waals surface area contributed by atoms with Gasteiger partial charge in [0, 0.05) is 30.9 Å². The van der Waals surface area contributed by atoms with Gasteiger partial charge in [0.1, 0.15) is 0 Å². The molecule has 0 unspecified atom stereocenters. The maximum absolute atomic E-state index is 12.0. The Morgan fingerprint density at radius 2 is 1.85 bits per heavy atom. The summed E-state index contributed by atoms with van der Waals surface area (Å²) in [6, 6.07) is 16.3. The first-order valence-corrected chi connectivity index (χ1v) is 9.78. The van der Waals surface area contributed by atoms with Gasteiger partial charge in [0.05, 0.1) is 0 Å². The second kappa shape index (κ2) is 9.53. The van der Waals surface area contributed by atoms with Gasteiger partial charge in [-0.25, -0.2) is 0 Å². The molecule has 0 aliphatic carbocycles. The fourth-order valence-corrected chi connectivity index (χ4v) is 3.70. The largest absolute Gasteiger partial charge is 0.398 e. The van der Waals surface area contributed by atoms with Gasteiger partial charge in [-0.1, -0.05) is 36.4 Å². The summed E-state index contributed by atoms with van der Waals surface area (Å²) in [5.41, 5.74) is 15.4. The van der Waals surface area contributed by atoms with Crippen LogP contribution in [-0.4, -0.2) is 37.0 Å². The average Bonchev–Trinajstić information content (AvgIpc) is 2.70. The highest BCUT2D eigenvalue weighted by Crippen LogP contribution is 2.24. The third-order valence-electron chi connectivity index (χ3n) is 5.31. The lowest BCUT2D eigenvalue weighted by Gasteiger charge is -2.32. The molecular weight excluding hydrogens is 336 g/mol. The molecule has 3 rings (SSSR count). The number of nitrogens with zero attached hydrogens (tertiary/aromatic N) is 1. The minimum absolute atomic E-state index is 0.125. The summed E-state index contributed by atoms with van der Waals surface area (Å²) < 4.78 is 0. The maximum atomic E-state index is 12.0. The van der Waals surface area contributed by atoms with E-state index in [9.17, 15) is 4.79 Å². The third-order valence-corrected chi connectivity index (χ3v) is 5.31. The van der Waals surface area contributed by atoms with Crippen LogP contribution in [0.15, 0.2) is 48.5 Å². The van der Waals surface area contributed by atoms with E-state index in [2.05, 4.69) is 40.5 Å². The Morgan fingerprint density at radius 3 is 2.52 bits per heavy atom. The van der Waals surface area contributed by atoms with Crippen LogP contribution in [0.4, 0.5) is 5.69 Å². The van der Waals surface area contributed by atoms with Crippen molar-refractivity contribution in [3.8, 4) is 0 Å². The molecule has 1 heterocycles. The van der Waals surface area contributed by atoms with Crippen LogP contribution < -0.4 is 16.8 Å². The summed E-state index contributed by atoms with van der Waals surface area (Å²) in [7, 11) is 0. The quantitative estimate of drug-likeness (QED) is 0.657. The summed E-state index contributed by atoms with van der Waals surface area (Å²) in [5.74, 6) is 0.634. The molecule has 5 nitrogen and oxygen atoms in total. The minimum Gasteiger partial charge on any atom is -0.398 e. The number of benzene rings is 2. The average molecular weight is 367 g/mol. The molecule has 0 spiro atoms. The Bertz CT molecular complexity index is 739. The fraction of sp³-hybridized carbons (Fsp3) is 0.409. The van der Waals surface area contributed by atoms with E-state index in [0.29, 0.717) is 24.3 Å². The van der Waals surface area contributed by atoms with E-state index >= 15 is 0 Å². The van der Waals surface area contributed by atoms with Gasteiger partial charge in [0.25, 0.3) is 5.91 Å². The van der Waals surface area contributed by atoms with Crippen molar-refractivity contribution in [1.29, 1.82) is 0 Å². The third kappa shape index (κ3) is 5.55. The van der Waals surface area contributed by atoms with Gasteiger partial charge in [0.15, 0.2) is 0 Å². The number of carbonyl (C=O) groups is 1. The van der Waals surface area contributed by atoms with Gasteiger partial charge >= 0.3 is 0 Å². The number of likely N-dealkylation sites (tertiary alicyclic amines) is 1. The van der Waals surface area contributed by atoms with Crippen LogP contribution in [-0.2, 0) is 13.0 Å². The lowest BCUT2D eigenvalue weighted by atomic mass is 9.90. The number of carbonyl (C=O) groups excluding carboxylic acids is 1. The molecule has 27 heavy (non-hydrogen) atoms. The zero-order valence-electron chi connectivity index (χ0n) is 15.9. The molecule has 5 heteroatoms. The highest BCUT2D eigenvalue weighted by molar-refractivity contribution is 5.95. The Balaban J connectivity index is 1.50. The first kappa shape index (κ1) is 19.4. The number of anilines is 1. The second-order valence-electron chi connectivity index (χ2n) is 7.37. The van der Waals surface area contributed by atoms with Crippen LogP contribution in [0.2, 0.25) is 0 Å². The summed E-state index contributed by atoms with van der Waals surface area (Å²) in [6.45, 7) is 3.93. The number of hydrogen-bond acceptors (Lipinski definition) is 4. The molecule has 1 saturated heterocycles. The van der Waals surface area contributed by atoms with Crippen molar-refractivity contribution in [2.45, 2.75) is 25.8 Å². The topological polar surface area (TPSA) is 84.4 Å². The fourth-order valence-electron chi connectivity index (χ4n) is 3.70. The van der Waals surface area contributed by atoms with Crippen LogP contribution in [0.25, 0.3) is 0 Å². The van der Waals surface area contributed by atoms with Crippen molar-refractivity contribution in [1.82, 2.24) is 10.2 Å². The molecular formula is C22H30N4O. The number of hydrogen-bond donors (Lipinski definition) is 3. The zero-order valence-corrected chi connectivity index (χ0v) is 15.9. The van der Waals surface area contributed by atoms with Crippen molar-refractivity contribution in [2.24, 2.45) is 11.7 Å². The van der Waals surface area contributed by atoms with Crippen LogP contribution in [0.5, 0.6) is 0 Å². The normalized spacial score (nSPS) is 15.6. The molecule has 1 aliphatic heterocycles. The second-order valence-corrected chi connectivity index (χ2v) is 7.37. The summed E-state index contributed by atoms with van der Waals surface area (Å²) >= 11 is 0. The molecule has 0 saturated carbocycles. The summed E-state index contributed by atoms with van der Waals surface area (Å²) in [4.78, 5) is 14.5. The van der Waals surface area contributed by atoms with E-state index in [1.807, 2.05) is 12.1 Å². The SMILES string of the molecule is NCCNC(=O)c1ccc(CN2CCC(Cc3ccccc3)CC2)c(N)c1. The Hall–Kier alpha value is -2.37. The Labute approximate surface area is 161 Å². The Kier molecular flexibility index (Phi) is 6.85. The predicted molar refractivity (Wildman–Crippen MR) is 110 cm³/mol. The van der Waals surface area contributed by atoms with Gasteiger partial charge in [-0.05, 0) is 61.5 Å². The molecule has 1 amide bonds. The lowest BCUT2D eigenvalue weighted by molar-refractivity contribution is 0.0954. The van der Waals surface area contributed by atoms with Crippen molar-refractivity contribution in [3.63, 3.8) is 0 Å². The number of piperidine rings is 1. The highest BCUT2D eigenvalue weighted by Gasteiger charge is 2.20. The predicted octanol–water partition coefficient (Wildman–Crippen LogP) is 2.41. The number of amides is 1. The van der Waals surface area contributed by atoms with Gasteiger partial charge in [0.2, 0.25) is 0 Å². The van der Waals surface area contributed by atoms with E-state index in [4.69, 9.17) is 11.5 Å². The van der Waals surface area contributed by atoms with E-state index in [-0.39, 0.29) is 5.91 Å². The Morgan fingerprint density at radius 1 is 1.11 bits per heavy atom. The summed E-state index contributed by atoms with van der Waals surface area (Å²) in [6.07, 6.45) is 3.60. The van der Waals surface area contributed by atoms with E-state index in [1.54, 1.807) is 6.07 Å². The number of rotatable bonds is 7. The van der Waals surface area contributed by atoms with Crippen molar-refractivity contribution in [3.05, 3.63) is 65.2 Å². The van der Waals surface area contributed by atoms with E-state index in [1.165, 1.54) is 24.8 Å². The monoisotopic (exact) mass is 366 g/mol. The highest BCUT2D eigenvalue weighted by atomic mass is 16.1. The van der Waals surface area contributed by atoms with E-state index < -0.39 is 0 Å². The van der Waals surface area contributed by atoms with Gasteiger partial charge in [-0.2, -0.15) is 0 Å². The van der Waals surface area contributed by atoms with Crippen LogP contribution in [0.3, 0.4) is 0 Å². The molecule has 0 aromatic heterocycles. The number of nitrogens with two attached hydrogens (primary N) is 2. The number of nitrogens with one attached hydrogen (secondary N) is 1. The first-order chi connectivity index (χ1) is 13.2. The smallest absolute Gasteiger partial charge is 0.251 e. The van der Waals surface area contributed by atoms with Gasteiger partial charge in [-0.15, -0.1) is 0 Å². The van der Waals surface area contributed by atoms with Crippen LogP contribution in [0.1, 0.15) is 34.3 Å².